The summed E-state index contributed by atoms with van der Waals surface area (Å²) < 4.78 is 26.8. The van der Waals surface area contributed by atoms with Gasteiger partial charge in [0.25, 0.3) is 0 Å². The number of carbonyl (C=O) groups excluding carboxylic acids is 2. The molecule has 1 aliphatic rings. The van der Waals surface area contributed by atoms with Gasteiger partial charge in [-0.05, 0) is 24.5 Å². The van der Waals surface area contributed by atoms with E-state index in [1.54, 1.807) is 18.2 Å². The van der Waals surface area contributed by atoms with Crippen LogP contribution in [-0.2, 0) is 19.6 Å². The van der Waals surface area contributed by atoms with Gasteiger partial charge in [-0.15, -0.1) is 0 Å². The SMILES string of the molecule is CC(C)CCNC(=O)C[C@H]1C(=O)NCCN1S(=O)(=O)c1ccccc1. The van der Waals surface area contributed by atoms with Crippen molar-refractivity contribution in [3.63, 3.8) is 0 Å². The van der Waals surface area contributed by atoms with Crippen LogP contribution in [-0.4, -0.2) is 50.2 Å². The van der Waals surface area contributed by atoms with Crippen molar-refractivity contribution in [3.8, 4) is 0 Å². The van der Waals surface area contributed by atoms with E-state index in [0.29, 0.717) is 12.5 Å². The van der Waals surface area contributed by atoms with E-state index in [1.807, 2.05) is 0 Å². The minimum Gasteiger partial charge on any atom is -0.356 e. The number of sulfonamides is 1. The lowest BCUT2D eigenvalue weighted by Gasteiger charge is -2.33. The smallest absolute Gasteiger partial charge is 0.243 e. The molecule has 0 saturated carbocycles. The first-order valence-corrected chi connectivity index (χ1v) is 9.87. The number of hydrogen-bond donors (Lipinski definition) is 2. The molecule has 138 valence electrons. The monoisotopic (exact) mass is 367 g/mol. The van der Waals surface area contributed by atoms with Crippen LogP contribution in [0.2, 0.25) is 0 Å². The lowest BCUT2D eigenvalue weighted by Crippen LogP contribution is -2.58. The van der Waals surface area contributed by atoms with Gasteiger partial charge >= 0.3 is 0 Å². The standard InChI is InChI=1S/C17H25N3O4S/c1-13(2)8-9-18-16(21)12-15-17(22)19-10-11-20(15)25(23,24)14-6-4-3-5-7-14/h3-7,13,15H,8-12H2,1-2H3,(H,18,21)(H,19,22)/t15-/m0/s1. The van der Waals surface area contributed by atoms with Gasteiger partial charge in [-0.25, -0.2) is 8.42 Å². The molecule has 1 aliphatic heterocycles. The van der Waals surface area contributed by atoms with Crippen molar-refractivity contribution in [2.75, 3.05) is 19.6 Å². The van der Waals surface area contributed by atoms with Gasteiger partial charge in [0.15, 0.2) is 0 Å². The van der Waals surface area contributed by atoms with Crippen molar-refractivity contribution < 1.29 is 18.0 Å². The minimum absolute atomic E-state index is 0.120. The second-order valence-electron chi connectivity index (χ2n) is 6.47. The highest BCUT2D eigenvalue weighted by molar-refractivity contribution is 7.89. The first kappa shape index (κ1) is 19.4. The average molecular weight is 367 g/mol. The van der Waals surface area contributed by atoms with Gasteiger partial charge in [-0.2, -0.15) is 4.31 Å². The fourth-order valence-corrected chi connectivity index (χ4v) is 4.26. The van der Waals surface area contributed by atoms with Gasteiger partial charge in [-0.1, -0.05) is 32.0 Å². The summed E-state index contributed by atoms with van der Waals surface area (Å²) in [5.41, 5.74) is 0. The van der Waals surface area contributed by atoms with Crippen molar-refractivity contribution in [1.82, 2.24) is 14.9 Å². The van der Waals surface area contributed by atoms with Crippen LogP contribution in [0.4, 0.5) is 0 Å². The number of nitrogens with one attached hydrogen (secondary N) is 2. The first-order valence-electron chi connectivity index (χ1n) is 8.43. The maximum absolute atomic E-state index is 12.8. The molecule has 2 rings (SSSR count). The lowest BCUT2D eigenvalue weighted by atomic mass is 10.1. The zero-order valence-electron chi connectivity index (χ0n) is 14.6. The highest BCUT2D eigenvalue weighted by Crippen LogP contribution is 2.21. The molecule has 0 unspecified atom stereocenters. The van der Waals surface area contributed by atoms with E-state index in [4.69, 9.17) is 0 Å². The van der Waals surface area contributed by atoms with Crippen LogP contribution in [0.1, 0.15) is 26.7 Å². The molecule has 8 heteroatoms. The van der Waals surface area contributed by atoms with Gasteiger partial charge in [0, 0.05) is 19.6 Å². The Kier molecular flexibility index (Phi) is 6.55. The summed E-state index contributed by atoms with van der Waals surface area (Å²) in [6, 6.07) is 6.93. The predicted octanol–water partition coefficient (Wildman–Crippen LogP) is 0.728. The number of carbonyl (C=O) groups is 2. The normalized spacial score (nSPS) is 18.8. The molecule has 1 saturated heterocycles. The Balaban J connectivity index is 2.13. The Morgan fingerprint density at radius 2 is 2.00 bits per heavy atom. The van der Waals surface area contributed by atoms with Gasteiger partial charge in [-0.3, -0.25) is 9.59 Å². The molecule has 1 fully saturated rings. The van der Waals surface area contributed by atoms with E-state index in [2.05, 4.69) is 24.5 Å². The molecular formula is C17H25N3O4S. The molecular weight excluding hydrogens is 342 g/mol. The van der Waals surface area contributed by atoms with Crippen LogP contribution in [0, 0.1) is 5.92 Å². The van der Waals surface area contributed by atoms with E-state index >= 15 is 0 Å². The molecule has 1 aromatic carbocycles. The molecule has 2 N–H and O–H groups in total. The number of benzene rings is 1. The third-order valence-corrected chi connectivity index (χ3v) is 5.98. The maximum atomic E-state index is 12.8. The first-order chi connectivity index (χ1) is 11.8. The molecule has 1 atom stereocenters. The van der Waals surface area contributed by atoms with Crippen LogP contribution in [0.15, 0.2) is 35.2 Å². The van der Waals surface area contributed by atoms with Crippen molar-refractivity contribution in [2.24, 2.45) is 5.92 Å². The van der Waals surface area contributed by atoms with E-state index in [9.17, 15) is 18.0 Å². The van der Waals surface area contributed by atoms with Crippen LogP contribution >= 0.6 is 0 Å². The molecule has 0 aliphatic carbocycles. The van der Waals surface area contributed by atoms with Crippen LogP contribution in [0.3, 0.4) is 0 Å². The maximum Gasteiger partial charge on any atom is 0.243 e. The molecule has 0 radical (unpaired) electrons. The highest BCUT2D eigenvalue weighted by atomic mass is 32.2. The zero-order chi connectivity index (χ0) is 18.4. The quantitative estimate of drug-likeness (QED) is 0.743. The zero-order valence-corrected chi connectivity index (χ0v) is 15.4. The Morgan fingerprint density at radius 1 is 1.32 bits per heavy atom. The fourth-order valence-electron chi connectivity index (χ4n) is 2.65. The number of piperazine rings is 1. The summed E-state index contributed by atoms with van der Waals surface area (Å²) in [4.78, 5) is 24.5. The molecule has 25 heavy (non-hydrogen) atoms. The van der Waals surface area contributed by atoms with Crippen molar-refractivity contribution >= 4 is 21.8 Å². The van der Waals surface area contributed by atoms with Crippen LogP contribution in [0.25, 0.3) is 0 Å². The van der Waals surface area contributed by atoms with E-state index in [1.165, 1.54) is 12.1 Å². The Labute approximate surface area is 148 Å². The Hall–Kier alpha value is -1.93. The minimum atomic E-state index is -3.83. The lowest BCUT2D eigenvalue weighted by molar-refractivity contribution is -0.131. The number of rotatable bonds is 7. The topological polar surface area (TPSA) is 95.6 Å². The second-order valence-corrected chi connectivity index (χ2v) is 8.36. The average Bonchev–Trinajstić information content (AvgIpc) is 2.57. The molecule has 1 aromatic rings. The third kappa shape index (κ3) is 5.02. The number of hydrogen-bond acceptors (Lipinski definition) is 4. The van der Waals surface area contributed by atoms with Gasteiger partial charge < -0.3 is 10.6 Å². The third-order valence-electron chi connectivity index (χ3n) is 4.05. The van der Waals surface area contributed by atoms with Crippen molar-refractivity contribution in [2.45, 2.75) is 37.6 Å². The van der Waals surface area contributed by atoms with Crippen LogP contribution < -0.4 is 10.6 Å². The summed E-state index contributed by atoms with van der Waals surface area (Å²) in [6.45, 7) is 4.99. The summed E-state index contributed by atoms with van der Waals surface area (Å²) >= 11 is 0. The molecule has 7 nitrogen and oxygen atoms in total. The highest BCUT2D eigenvalue weighted by Gasteiger charge is 2.39. The largest absolute Gasteiger partial charge is 0.356 e. The van der Waals surface area contributed by atoms with Crippen LogP contribution in [0.5, 0.6) is 0 Å². The van der Waals surface area contributed by atoms with Gasteiger partial charge in [0.1, 0.15) is 6.04 Å². The molecule has 0 aromatic heterocycles. The van der Waals surface area contributed by atoms with Crippen molar-refractivity contribution in [3.05, 3.63) is 30.3 Å². The number of nitrogens with zero attached hydrogens (tertiary/aromatic N) is 1. The summed E-state index contributed by atoms with van der Waals surface area (Å²) in [6.07, 6.45) is 0.643. The Bertz CT molecular complexity index is 704. The second kappa shape index (κ2) is 8.44. The van der Waals surface area contributed by atoms with Gasteiger partial charge in [0.2, 0.25) is 21.8 Å². The molecule has 0 spiro atoms. The Morgan fingerprint density at radius 3 is 2.64 bits per heavy atom. The summed E-state index contributed by atoms with van der Waals surface area (Å²) in [7, 11) is -3.83. The summed E-state index contributed by atoms with van der Waals surface area (Å²) in [5.74, 6) is -0.311. The summed E-state index contributed by atoms with van der Waals surface area (Å²) in [5, 5.41) is 5.39. The fraction of sp³-hybridized carbons (Fsp3) is 0.529. The van der Waals surface area contributed by atoms with Crippen molar-refractivity contribution in [1.29, 1.82) is 0 Å². The number of amides is 2. The molecule has 2 amide bonds. The molecule has 0 bridgehead atoms. The van der Waals surface area contributed by atoms with E-state index < -0.39 is 22.0 Å². The van der Waals surface area contributed by atoms with E-state index in [-0.39, 0.29) is 30.3 Å². The van der Waals surface area contributed by atoms with E-state index in [0.717, 1.165) is 10.7 Å². The molecule has 1 heterocycles. The van der Waals surface area contributed by atoms with Gasteiger partial charge in [0.05, 0.1) is 11.3 Å². The predicted molar refractivity (Wildman–Crippen MR) is 94.2 cm³/mol.